The molecule has 61 heavy (non-hydrogen) atoms. The van der Waals surface area contributed by atoms with Gasteiger partial charge in [0.25, 0.3) is 0 Å². The molecule has 0 radical (unpaired) electrons. The normalized spacial score (nSPS) is 12.8. The maximum atomic E-state index is 12.5. The lowest BCUT2D eigenvalue weighted by atomic mass is 10.0. The topological polar surface area (TPSA) is 95.9 Å². The molecule has 0 aliphatic rings. The van der Waals surface area contributed by atoms with Gasteiger partial charge >= 0.3 is 5.97 Å². The van der Waals surface area contributed by atoms with Crippen LogP contribution in [0.5, 0.6) is 0 Å². The number of nitrogens with one attached hydrogen (secondary N) is 1. The van der Waals surface area contributed by atoms with Gasteiger partial charge in [-0.05, 0) is 51.4 Å². The first-order chi connectivity index (χ1) is 30.0. The third kappa shape index (κ3) is 47.7. The number of carbonyl (C=O) groups is 2. The number of rotatable bonds is 50. The molecule has 3 N–H and O–H groups in total. The highest BCUT2D eigenvalue weighted by Gasteiger charge is 2.20. The van der Waals surface area contributed by atoms with Crippen LogP contribution in [0.3, 0.4) is 0 Å². The zero-order valence-corrected chi connectivity index (χ0v) is 40.9. The van der Waals surface area contributed by atoms with Crippen LogP contribution in [0.4, 0.5) is 0 Å². The van der Waals surface area contributed by atoms with Crippen molar-refractivity contribution in [3.8, 4) is 0 Å². The number of allylic oxidation sites excluding steroid dienone is 4. The first kappa shape index (κ1) is 59.3. The molecule has 0 saturated heterocycles. The second kappa shape index (κ2) is 51.0. The Hall–Kier alpha value is -1.66. The van der Waals surface area contributed by atoms with Crippen LogP contribution in [0.25, 0.3) is 0 Å². The average Bonchev–Trinajstić information content (AvgIpc) is 3.26. The van der Waals surface area contributed by atoms with Gasteiger partial charge in [0.1, 0.15) is 0 Å². The molecule has 0 aromatic rings. The van der Waals surface area contributed by atoms with E-state index in [9.17, 15) is 19.8 Å². The molecule has 6 heteroatoms. The molecule has 0 aromatic heterocycles. The lowest BCUT2D eigenvalue weighted by molar-refractivity contribution is -0.143. The molecule has 0 saturated carbocycles. The van der Waals surface area contributed by atoms with Crippen molar-refractivity contribution in [1.82, 2.24) is 5.32 Å². The largest absolute Gasteiger partial charge is 0.466 e. The maximum absolute atomic E-state index is 12.5. The molecular weight excluding hydrogens is 755 g/mol. The smallest absolute Gasteiger partial charge is 0.305 e. The van der Waals surface area contributed by atoms with Gasteiger partial charge < -0.3 is 20.3 Å². The maximum Gasteiger partial charge on any atom is 0.305 e. The second-order valence-electron chi connectivity index (χ2n) is 18.6. The zero-order valence-electron chi connectivity index (χ0n) is 40.9. The zero-order chi connectivity index (χ0) is 44.4. The van der Waals surface area contributed by atoms with E-state index in [4.69, 9.17) is 4.74 Å². The number of ether oxygens (including phenoxy) is 1. The predicted octanol–water partition coefficient (Wildman–Crippen LogP) is 16.3. The molecule has 0 heterocycles. The molecule has 0 spiro atoms. The van der Waals surface area contributed by atoms with Crippen molar-refractivity contribution < 1.29 is 24.5 Å². The van der Waals surface area contributed by atoms with Crippen molar-refractivity contribution in [1.29, 1.82) is 0 Å². The van der Waals surface area contributed by atoms with Crippen LogP contribution in [0.2, 0.25) is 0 Å². The van der Waals surface area contributed by atoms with Crippen LogP contribution >= 0.6 is 0 Å². The van der Waals surface area contributed by atoms with Gasteiger partial charge in [0, 0.05) is 12.8 Å². The Kier molecular flexibility index (Phi) is 49.6. The van der Waals surface area contributed by atoms with E-state index in [0.717, 1.165) is 57.8 Å². The number of unbranched alkanes of at least 4 members (excludes halogenated alkanes) is 35. The number of esters is 1. The average molecular weight is 860 g/mol. The monoisotopic (exact) mass is 860 g/mol. The molecule has 6 nitrogen and oxygen atoms in total. The number of carbonyl (C=O) groups excluding carboxylic acids is 2. The van der Waals surface area contributed by atoms with Gasteiger partial charge in [-0.2, -0.15) is 0 Å². The fourth-order valence-electron chi connectivity index (χ4n) is 8.30. The van der Waals surface area contributed by atoms with Crippen molar-refractivity contribution in [2.24, 2.45) is 0 Å². The third-order valence-corrected chi connectivity index (χ3v) is 12.5. The first-order valence-electron chi connectivity index (χ1n) is 27.1. The fourth-order valence-corrected chi connectivity index (χ4v) is 8.30. The Morgan fingerprint density at radius 2 is 0.836 bits per heavy atom. The number of hydrogen-bond donors (Lipinski definition) is 3. The molecule has 2 unspecified atom stereocenters. The molecule has 0 bridgehead atoms. The summed E-state index contributed by atoms with van der Waals surface area (Å²) in [7, 11) is 0. The van der Waals surface area contributed by atoms with Gasteiger partial charge in [0.2, 0.25) is 5.91 Å². The van der Waals surface area contributed by atoms with E-state index in [1.807, 2.05) is 0 Å². The van der Waals surface area contributed by atoms with Crippen LogP contribution in [0.1, 0.15) is 290 Å². The van der Waals surface area contributed by atoms with Crippen LogP contribution in [0, 0.1) is 0 Å². The Labute approximate surface area is 380 Å². The first-order valence-corrected chi connectivity index (χ1v) is 27.1. The number of aliphatic hydroxyl groups excluding tert-OH is 2. The van der Waals surface area contributed by atoms with E-state index in [0.29, 0.717) is 25.9 Å². The molecule has 0 rings (SSSR count). The minimum Gasteiger partial charge on any atom is -0.466 e. The summed E-state index contributed by atoms with van der Waals surface area (Å²) in [5, 5.41) is 23.2. The number of aliphatic hydroxyl groups is 2. The van der Waals surface area contributed by atoms with E-state index < -0.39 is 12.1 Å². The standard InChI is InChI=1S/C55H105NO5/c1-3-5-7-9-11-13-15-17-23-27-31-35-39-43-47-53(58)52(51-57)56-54(59)48-44-40-36-32-28-24-21-19-20-22-26-30-34-38-42-46-50-61-55(60)49-45-41-37-33-29-25-18-16-14-12-10-8-6-4-2/h10,12,16,18,52-53,57-58H,3-9,11,13-15,17,19-51H2,1-2H3,(H,56,59)/b12-10-,18-16-. The summed E-state index contributed by atoms with van der Waals surface area (Å²) in [5.41, 5.74) is 0. The van der Waals surface area contributed by atoms with Gasteiger partial charge in [0.15, 0.2) is 0 Å². The fraction of sp³-hybridized carbons (Fsp3) is 0.891. The van der Waals surface area contributed by atoms with E-state index in [2.05, 4.69) is 43.5 Å². The van der Waals surface area contributed by atoms with E-state index in [1.54, 1.807) is 0 Å². The highest BCUT2D eigenvalue weighted by atomic mass is 16.5. The second-order valence-corrected chi connectivity index (χ2v) is 18.6. The van der Waals surface area contributed by atoms with Crippen LogP contribution in [0.15, 0.2) is 24.3 Å². The Bertz CT molecular complexity index is 951. The Morgan fingerprint density at radius 3 is 1.30 bits per heavy atom. The molecular formula is C55H105NO5. The third-order valence-electron chi connectivity index (χ3n) is 12.5. The predicted molar refractivity (Wildman–Crippen MR) is 264 cm³/mol. The number of hydrogen-bond acceptors (Lipinski definition) is 5. The van der Waals surface area contributed by atoms with Gasteiger partial charge in [-0.3, -0.25) is 9.59 Å². The Morgan fingerprint density at radius 1 is 0.459 bits per heavy atom. The van der Waals surface area contributed by atoms with Crippen LogP contribution in [-0.4, -0.2) is 47.4 Å². The van der Waals surface area contributed by atoms with Gasteiger partial charge in [-0.15, -0.1) is 0 Å². The summed E-state index contributed by atoms with van der Waals surface area (Å²) < 4.78 is 5.46. The van der Waals surface area contributed by atoms with Gasteiger partial charge in [-0.25, -0.2) is 0 Å². The summed E-state index contributed by atoms with van der Waals surface area (Å²) >= 11 is 0. The molecule has 0 fully saturated rings. The highest BCUT2D eigenvalue weighted by molar-refractivity contribution is 5.76. The summed E-state index contributed by atoms with van der Waals surface area (Å²) in [6.07, 6.45) is 60.0. The van der Waals surface area contributed by atoms with E-state index in [-0.39, 0.29) is 18.5 Å². The van der Waals surface area contributed by atoms with Crippen molar-refractivity contribution in [2.75, 3.05) is 13.2 Å². The highest BCUT2D eigenvalue weighted by Crippen LogP contribution is 2.17. The van der Waals surface area contributed by atoms with Crippen molar-refractivity contribution >= 4 is 11.9 Å². The molecule has 0 aromatic carbocycles. The molecule has 0 aliphatic carbocycles. The number of amides is 1. The summed E-state index contributed by atoms with van der Waals surface area (Å²) in [6, 6.07) is -0.546. The van der Waals surface area contributed by atoms with Gasteiger partial charge in [-0.1, -0.05) is 250 Å². The molecule has 2 atom stereocenters. The van der Waals surface area contributed by atoms with E-state index in [1.165, 1.54) is 199 Å². The van der Waals surface area contributed by atoms with Crippen molar-refractivity contribution in [3.63, 3.8) is 0 Å². The van der Waals surface area contributed by atoms with Crippen molar-refractivity contribution in [2.45, 2.75) is 302 Å². The quantitative estimate of drug-likeness (QED) is 0.0322. The summed E-state index contributed by atoms with van der Waals surface area (Å²) in [6.45, 7) is 4.90. The molecule has 360 valence electrons. The van der Waals surface area contributed by atoms with Crippen molar-refractivity contribution in [3.05, 3.63) is 24.3 Å². The minimum absolute atomic E-state index is 0.0114. The van der Waals surface area contributed by atoms with Crippen LogP contribution < -0.4 is 5.32 Å². The lowest BCUT2D eigenvalue weighted by Crippen LogP contribution is -2.45. The molecule has 0 aliphatic heterocycles. The summed E-state index contributed by atoms with van der Waals surface area (Å²) in [5.74, 6) is -0.0531. The minimum atomic E-state index is -0.668. The molecule has 1 amide bonds. The van der Waals surface area contributed by atoms with Crippen LogP contribution in [-0.2, 0) is 14.3 Å². The van der Waals surface area contributed by atoms with E-state index >= 15 is 0 Å². The Balaban J connectivity index is 3.43. The lowest BCUT2D eigenvalue weighted by Gasteiger charge is -2.22. The SMILES string of the molecule is CCCC/C=C\C/C=C\CCCCCCCC(=O)OCCCCCCCCCCCCCCCCCCC(=O)NC(CO)C(O)CCCCCCCCCCCCCCCC. The van der Waals surface area contributed by atoms with Gasteiger partial charge in [0.05, 0.1) is 25.4 Å². The summed E-state index contributed by atoms with van der Waals surface area (Å²) in [4.78, 5) is 24.5.